The standard InChI is InChI=1S/C16H17F3N2O3/c1-4-24-15(23)11-6-10(8(2)5-9(11)3)13-14(16(17,18)19)21-12(7-22)20-13/h5-6,22H,4,7H2,1-3H3,(H,20,21). The molecule has 1 aromatic heterocycles. The van der Waals surface area contributed by atoms with Gasteiger partial charge in [0.25, 0.3) is 0 Å². The fourth-order valence-corrected chi connectivity index (χ4v) is 2.45. The van der Waals surface area contributed by atoms with Gasteiger partial charge in [-0.2, -0.15) is 13.2 Å². The maximum atomic E-state index is 13.2. The molecule has 2 aromatic rings. The molecular weight excluding hydrogens is 325 g/mol. The number of imidazole rings is 1. The first-order valence-electron chi connectivity index (χ1n) is 7.24. The predicted octanol–water partition coefficient (Wildman–Crippen LogP) is 3.38. The van der Waals surface area contributed by atoms with Crippen molar-refractivity contribution in [2.24, 2.45) is 0 Å². The van der Waals surface area contributed by atoms with E-state index in [1.807, 2.05) is 0 Å². The lowest BCUT2D eigenvalue weighted by molar-refractivity contribution is -0.140. The van der Waals surface area contributed by atoms with E-state index in [2.05, 4.69) is 9.97 Å². The summed E-state index contributed by atoms with van der Waals surface area (Å²) in [5.74, 6) is -0.804. The second-order valence-electron chi connectivity index (χ2n) is 5.27. The number of carbonyl (C=O) groups is 1. The van der Waals surface area contributed by atoms with E-state index in [1.54, 1.807) is 26.8 Å². The average Bonchev–Trinajstić information content (AvgIpc) is 2.91. The number of benzene rings is 1. The van der Waals surface area contributed by atoms with Crippen molar-refractivity contribution in [1.29, 1.82) is 0 Å². The summed E-state index contributed by atoms with van der Waals surface area (Å²) in [4.78, 5) is 17.9. The number of aliphatic hydroxyl groups is 1. The van der Waals surface area contributed by atoms with Gasteiger partial charge in [0.1, 0.15) is 12.4 Å². The van der Waals surface area contributed by atoms with Crippen LogP contribution in [0.15, 0.2) is 12.1 Å². The van der Waals surface area contributed by atoms with E-state index in [0.717, 1.165) is 0 Å². The Morgan fingerprint density at radius 2 is 1.96 bits per heavy atom. The molecule has 0 spiro atoms. The third kappa shape index (κ3) is 3.43. The van der Waals surface area contributed by atoms with Crippen LogP contribution in [0.25, 0.3) is 11.3 Å². The van der Waals surface area contributed by atoms with Crippen LogP contribution < -0.4 is 0 Å². The minimum Gasteiger partial charge on any atom is -0.462 e. The lowest BCUT2D eigenvalue weighted by Gasteiger charge is -2.13. The highest BCUT2D eigenvalue weighted by Gasteiger charge is 2.38. The van der Waals surface area contributed by atoms with Crippen molar-refractivity contribution in [3.8, 4) is 11.3 Å². The van der Waals surface area contributed by atoms with Gasteiger partial charge in [0.2, 0.25) is 0 Å². The molecular formula is C16H17F3N2O3. The van der Waals surface area contributed by atoms with Crippen LogP contribution in [0, 0.1) is 13.8 Å². The summed E-state index contributed by atoms with van der Waals surface area (Å²) in [7, 11) is 0. The first-order chi connectivity index (χ1) is 11.2. The van der Waals surface area contributed by atoms with E-state index < -0.39 is 24.4 Å². The Labute approximate surface area is 136 Å². The van der Waals surface area contributed by atoms with Gasteiger partial charge in [0.15, 0.2) is 5.69 Å². The topological polar surface area (TPSA) is 75.2 Å². The molecule has 5 nitrogen and oxygen atoms in total. The number of halogens is 3. The molecule has 8 heteroatoms. The summed E-state index contributed by atoms with van der Waals surface area (Å²) < 4.78 is 44.6. The Morgan fingerprint density at radius 3 is 2.50 bits per heavy atom. The molecule has 2 rings (SSSR count). The van der Waals surface area contributed by atoms with Crippen LogP contribution in [0.5, 0.6) is 0 Å². The van der Waals surface area contributed by atoms with Crippen molar-refractivity contribution in [2.75, 3.05) is 6.61 Å². The maximum absolute atomic E-state index is 13.2. The predicted molar refractivity (Wildman–Crippen MR) is 80.4 cm³/mol. The summed E-state index contributed by atoms with van der Waals surface area (Å²) in [5, 5.41) is 9.08. The summed E-state index contributed by atoms with van der Waals surface area (Å²) in [6.07, 6.45) is -4.69. The van der Waals surface area contributed by atoms with Crippen LogP contribution in [-0.4, -0.2) is 27.7 Å². The second kappa shape index (κ2) is 6.64. The lowest BCUT2D eigenvalue weighted by Crippen LogP contribution is -2.10. The smallest absolute Gasteiger partial charge is 0.435 e. The number of rotatable bonds is 4. The highest BCUT2D eigenvalue weighted by atomic mass is 19.4. The van der Waals surface area contributed by atoms with Gasteiger partial charge in [-0.3, -0.25) is 0 Å². The largest absolute Gasteiger partial charge is 0.462 e. The van der Waals surface area contributed by atoms with E-state index >= 15 is 0 Å². The van der Waals surface area contributed by atoms with Crippen molar-refractivity contribution in [3.63, 3.8) is 0 Å². The Morgan fingerprint density at radius 1 is 1.29 bits per heavy atom. The number of nitrogens with one attached hydrogen (secondary N) is 1. The van der Waals surface area contributed by atoms with Crippen LogP contribution in [0.3, 0.4) is 0 Å². The number of carbonyl (C=O) groups excluding carboxylic acids is 1. The van der Waals surface area contributed by atoms with Crippen LogP contribution in [-0.2, 0) is 17.5 Å². The van der Waals surface area contributed by atoms with Crippen molar-refractivity contribution in [2.45, 2.75) is 33.6 Å². The van der Waals surface area contributed by atoms with Gasteiger partial charge in [-0.1, -0.05) is 6.07 Å². The molecule has 1 heterocycles. The third-order valence-electron chi connectivity index (χ3n) is 3.51. The van der Waals surface area contributed by atoms with Gasteiger partial charge in [0.05, 0.1) is 17.9 Å². The summed E-state index contributed by atoms with van der Waals surface area (Å²) >= 11 is 0. The number of hydrogen-bond acceptors (Lipinski definition) is 4. The van der Waals surface area contributed by atoms with Gasteiger partial charge in [-0.25, -0.2) is 9.78 Å². The molecule has 0 atom stereocenters. The van der Waals surface area contributed by atoms with Crippen molar-refractivity contribution in [3.05, 3.63) is 40.3 Å². The molecule has 0 fully saturated rings. The average molecular weight is 342 g/mol. The number of alkyl halides is 3. The number of ether oxygens (including phenoxy) is 1. The molecule has 130 valence electrons. The molecule has 2 N–H and O–H groups in total. The zero-order valence-electron chi connectivity index (χ0n) is 13.4. The van der Waals surface area contributed by atoms with Gasteiger partial charge in [-0.15, -0.1) is 0 Å². The van der Waals surface area contributed by atoms with Gasteiger partial charge in [0, 0.05) is 5.56 Å². The zero-order chi connectivity index (χ0) is 18.1. The van der Waals surface area contributed by atoms with Crippen molar-refractivity contribution >= 4 is 5.97 Å². The van der Waals surface area contributed by atoms with Crippen molar-refractivity contribution < 1.29 is 27.8 Å². The molecule has 0 unspecified atom stereocenters. The molecule has 0 saturated heterocycles. The molecule has 0 aliphatic carbocycles. The Balaban J connectivity index is 2.67. The molecule has 0 saturated carbocycles. The molecule has 0 radical (unpaired) electrons. The zero-order valence-corrected chi connectivity index (χ0v) is 13.4. The third-order valence-corrected chi connectivity index (χ3v) is 3.51. The molecule has 0 bridgehead atoms. The second-order valence-corrected chi connectivity index (χ2v) is 5.27. The van der Waals surface area contributed by atoms with Gasteiger partial charge in [-0.05, 0) is 38.0 Å². The van der Waals surface area contributed by atoms with Crippen LogP contribution in [0.1, 0.15) is 39.9 Å². The number of aromatic nitrogens is 2. The lowest BCUT2D eigenvalue weighted by atomic mass is 9.97. The number of aliphatic hydroxyl groups excluding tert-OH is 1. The van der Waals surface area contributed by atoms with Gasteiger partial charge < -0.3 is 14.8 Å². The Bertz CT molecular complexity index is 767. The number of H-pyrrole nitrogens is 1. The summed E-state index contributed by atoms with van der Waals surface area (Å²) in [6.45, 7) is 4.47. The molecule has 0 aliphatic rings. The summed E-state index contributed by atoms with van der Waals surface area (Å²) in [6, 6.07) is 2.97. The fraction of sp³-hybridized carbons (Fsp3) is 0.375. The first-order valence-corrected chi connectivity index (χ1v) is 7.24. The van der Waals surface area contributed by atoms with Crippen LogP contribution >= 0.6 is 0 Å². The van der Waals surface area contributed by atoms with E-state index in [0.29, 0.717) is 11.1 Å². The van der Waals surface area contributed by atoms with Crippen LogP contribution in [0.4, 0.5) is 13.2 Å². The van der Waals surface area contributed by atoms with E-state index in [1.165, 1.54) is 6.07 Å². The monoisotopic (exact) mass is 342 g/mol. The minimum atomic E-state index is -4.69. The number of nitrogens with zero attached hydrogens (tertiary/aromatic N) is 1. The quantitative estimate of drug-likeness (QED) is 0.835. The molecule has 1 aromatic carbocycles. The normalized spacial score (nSPS) is 11.6. The van der Waals surface area contributed by atoms with E-state index in [4.69, 9.17) is 9.84 Å². The number of esters is 1. The van der Waals surface area contributed by atoms with Crippen LogP contribution in [0.2, 0.25) is 0 Å². The SMILES string of the molecule is CCOC(=O)c1cc(-c2[nH]c(CO)nc2C(F)(F)F)c(C)cc1C. The van der Waals surface area contributed by atoms with Crippen molar-refractivity contribution in [1.82, 2.24) is 9.97 Å². The molecule has 24 heavy (non-hydrogen) atoms. The number of hydrogen-bond donors (Lipinski definition) is 2. The first kappa shape index (κ1) is 18.0. The molecule has 0 amide bonds. The Hall–Kier alpha value is -2.35. The highest BCUT2D eigenvalue weighted by Crippen LogP contribution is 2.37. The highest BCUT2D eigenvalue weighted by molar-refractivity contribution is 5.93. The maximum Gasteiger partial charge on any atom is 0.435 e. The fourth-order valence-electron chi connectivity index (χ4n) is 2.45. The minimum absolute atomic E-state index is 0.161. The molecule has 0 aliphatic heterocycles. The van der Waals surface area contributed by atoms with E-state index in [-0.39, 0.29) is 29.3 Å². The van der Waals surface area contributed by atoms with Gasteiger partial charge >= 0.3 is 12.1 Å². The van der Waals surface area contributed by atoms with E-state index in [9.17, 15) is 18.0 Å². The summed E-state index contributed by atoms with van der Waals surface area (Å²) in [5.41, 5.74) is 0.0983. The number of aryl methyl sites for hydroxylation is 2. The Kier molecular flexibility index (Phi) is 4.98. The number of aromatic amines is 1.